The molecule has 0 nitrogen and oxygen atoms in total. The van der Waals surface area contributed by atoms with Crippen molar-refractivity contribution in [3.8, 4) is 0 Å². The van der Waals surface area contributed by atoms with E-state index in [4.69, 9.17) is 0 Å². The van der Waals surface area contributed by atoms with E-state index in [9.17, 15) is 0 Å². The molecular weight excluding hydrogens is 196 g/mol. The average Bonchev–Trinajstić information content (AvgIpc) is 2.53. The fraction of sp³-hybridized carbons (Fsp3) is 0.636. The Labute approximate surface area is 88.7 Å². The maximum absolute atomic E-state index is 2.41. The van der Waals surface area contributed by atoms with Crippen LogP contribution < -0.4 is 0 Å². The van der Waals surface area contributed by atoms with Gasteiger partial charge in [0.25, 0.3) is 0 Å². The highest BCUT2D eigenvalue weighted by atomic mass is 32.2. The summed E-state index contributed by atoms with van der Waals surface area (Å²) in [4.78, 5) is 4.79. The number of thiophene rings is 1. The maximum atomic E-state index is 2.41. The third kappa shape index (κ3) is 1.94. The molecule has 0 spiro atoms. The first kappa shape index (κ1) is 9.60. The molecule has 1 aliphatic heterocycles. The van der Waals surface area contributed by atoms with Crippen molar-refractivity contribution in [1.82, 2.24) is 0 Å². The minimum atomic E-state index is 0.791. The molecule has 72 valence electrons. The van der Waals surface area contributed by atoms with Crippen LogP contribution in [0.5, 0.6) is 0 Å². The minimum Gasteiger partial charge on any atom is -0.144 e. The summed E-state index contributed by atoms with van der Waals surface area (Å²) in [6.45, 7) is 6.93. The summed E-state index contributed by atoms with van der Waals surface area (Å²) in [5.41, 5.74) is 0. The second-order valence-corrected chi connectivity index (χ2v) is 6.48. The topological polar surface area (TPSA) is 0 Å². The van der Waals surface area contributed by atoms with Gasteiger partial charge < -0.3 is 0 Å². The minimum absolute atomic E-state index is 0.791. The van der Waals surface area contributed by atoms with Crippen LogP contribution in [-0.4, -0.2) is 5.75 Å². The Hall–Kier alpha value is 0.0500. The van der Waals surface area contributed by atoms with Crippen molar-refractivity contribution >= 4 is 23.1 Å². The fourth-order valence-electron chi connectivity index (χ4n) is 1.69. The van der Waals surface area contributed by atoms with Gasteiger partial charge in [-0.25, -0.2) is 0 Å². The Kier molecular flexibility index (Phi) is 2.70. The lowest BCUT2D eigenvalue weighted by Crippen LogP contribution is -1.90. The zero-order valence-electron chi connectivity index (χ0n) is 8.46. The highest BCUT2D eigenvalue weighted by molar-refractivity contribution is 7.99. The zero-order valence-corrected chi connectivity index (χ0v) is 10.1. The van der Waals surface area contributed by atoms with Gasteiger partial charge in [0.05, 0.1) is 0 Å². The lowest BCUT2D eigenvalue weighted by molar-refractivity contribution is 0.654. The van der Waals surface area contributed by atoms with Crippen LogP contribution in [0.1, 0.15) is 36.4 Å². The van der Waals surface area contributed by atoms with E-state index in [-0.39, 0.29) is 0 Å². The van der Waals surface area contributed by atoms with Gasteiger partial charge in [0.1, 0.15) is 0 Å². The number of fused-ring (bicyclic) bond motifs is 1. The van der Waals surface area contributed by atoms with Crippen LogP contribution in [-0.2, 0) is 6.42 Å². The zero-order chi connectivity index (χ0) is 9.42. The average molecular weight is 212 g/mol. The number of hydrogen-bond donors (Lipinski definition) is 0. The molecule has 2 heterocycles. The van der Waals surface area contributed by atoms with Crippen LogP contribution in [0.3, 0.4) is 0 Å². The molecule has 2 rings (SSSR count). The van der Waals surface area contributed by atoms with Crippen LogP contribution in [0.25, 0.3) is 0 Å². The highest BCUT2D eigenvalue weighted by Gasteiger charge is 2.22. The number of thioether (sulfide) groups is 1. The molecule has 0 fully saturated rings. The molecule has 0 saturated carbocycles. The molecule has 0 unspecified atom stereocenters. The van der Waals surface area contributed by atoms with E-state index in [2.05, 4.69) is 26.8 Å². The number of rotatable bonds is 2. The van der Waals surface area contributed by atoms with Gasteiger partial charge in [0, 0.05) is 26.3 Å². The summed E-state index contributed by atoms with van der Waals surface area (Å²) in [7, 11) is 0. The Morgan fingerprint density at radius 3 is 2.92 bits per heavy atom. The van der Waals surface area contributed by atoms with E-state index in [1.807, 2.05) is 23.1 Å². The molecule has 2 heteroatoms. The number of hydrogen-bond acceptors (Lipinski definition) is 2. The molecule has 0 radical (unpaired) electrons. The van der Waals surface area contributed by atoms with Crippen LogP contribution in [0.15, 0.2) is 11.0 Å². The summed E-state index contributed by atoms with van der Waals surface area (Å²) < 4.78 is 0. The summed E-state index contributed by atoms with van der Waals surface area (Å²) in [6, 6.07) is 2.41. The summed E-state index contributed by atoms with van der Waals surface area (Å²) in [6.07, 6.45) is 1.25. The lowest BCUT2D eigenvalue weighted by atomic mass is 10.1. The molecule has 1 atom stereocenters. The van der Waals surface area contributed by atoms with E-state index in [1.54, 1.807) is 14.6 Å². The molecule has 0 amide bonds. The molecule has 0 bridgehead atoms. The SMILES string of the molecule is CC(C)Cc1cc2c(s1)[C@@H](C)CS2. The predicted octanol–water partition coefficient (Wildman–Crippen LogP) is 4.16. The van der Waals surface area contributed by atoms with Gasteiger partial charge in [-0.15, -0.1) is 23.1 Å². The Morgan fingerprint density at radius 2 is 2.31 bits per heavy atom. The fourth-order valence-corrected chi connectivity index (χ4v) is 4.66. The Bertz CT molecular complexity index is 299. The van der Waals surface area contributed by atoms with Gasteiger partial charge in [-0.1, -0.05) is 20.8 Å². The molecule has 0 aliphatic carbocycles. The second-order valence-electron chi connectivity index (χ2n) is 4.25. The first-order valence-electron chi connectivity index (χ1n) is 4.92. The van der Waals surface area contributed by atoms with Crippen molar-refractivity contribution in [2.45, 2.75) is 38.0 Å². The first-order valence-corrected chi connectivity index (χ1v) is 6.72. The monoisotopic (exact) mass is 212 g/mol. The van der Waals surface area contributed by atoms with Crippen molar-refractivity contribution in [2.24, 2.45) is 5.92 Å². The molecule has 1 aromatic heterocycles. The van der Waals surface area contributed by atoms with Gasteiger partial charge in [-0.2, -0.15) is 0 Å². The third-order valence-electron chi connectivity index (χ3n) is 2.32. The van der Waals surface area contributed by atoms with Crippen LogP contribution in [0.2, 0.25) is 0 Å². The van der Waals surface area contributed by atoms with Crippen molar-refractivity contribution < 1.29 is 0 Å². The molecule has 0 saturated heterocycles. The largest absolute Gasteiger partial charge is 0.144 e. The predicted molar refractivity (Wildman–Crippen MR) is 62.0 cm³/mol. The highest BCUT2D eigenvalue weighted by Crippen LogP contribution is 2.44. The molecule has 1 aliphatic rings. The van der Waals surface area contributed by atoms with E-state index < -0.39 is 0 Å². The maximum Gasteiger partial charge on any atom is 0.0220 e. The molecule has 1 aromatic rings. The molecular formula is C11H16S2. The van der Waals surface area contributed by atoms with Crippen molar-refractivity contribution in [2.75, 3.05) is 5.75 Å². The Morgan fingerprint density at radius 1 is 1.54 bits per heavy atom. The van der Waals surface area contributed by atoms with E-state index in [0.717, 1.165) is 11.8 Å². The summed E-state index contributed by atoms with van der Waals surface area (Å²) >= 11 is 4.07. The van der Waals surface area contributed by atoms with Crippen molar-refractivity contribution in [1.29, 1.82) is 0 Å². The van der Waals surface area contributed by atoms with Gasteiger partial charge in [0.2, 0.25) is 0 Å². The van der Waals surface area contributed by atoms with Gasteiger partial charge in [0.15, 0.2) is 0 Å². The van der Waals surface area contributed by atoms with E-state index in [0.29, 0.717) is 0 Å². The van der Waals surface area contributed by atoms with Crippen molar-refractivity contribution in [3.63, 3.8) is 0 Å². The second kappa shape index (κ2) is 3.66. The van der Waals surface area contributed by atoms with Crippen LogP contribution >= 0.6 is 23.1 Å². The van der Waals surface area contributed by atoms with Gasteiger partial charge >= 0.3 is 0 Å². The molecule has 0 aromatic carbocycles. The lowest BCUT2D eigenvalue weighted by Gasteiger charge is -2.01. The van der Waals surface area contributed by atoms with Gasteiger partial charge in [-0.05, 0) is 18.4 Å². The van der Waals surface area contributed by atoms with Crippen LogP contribution in [0, 0.1) is 5.92 Å². The van der Waals surface area contributed by atoms with E-state index in [1.165, 1.54) is 12.2 Å². The quantitative estimate of drug-likeness (QED) is 0.709. The smallest absolute Gasteiger partial charge is 0.0220 e. The van der Waals surface area contributed by atoms with E-state index >= 15 is 0 Å². The molecule has 13 heavy (non-hydrogen) atoms. The summed E-state index contributed by atoms with van der Waals surface area (Å²) in [5.74, 6) is 2.88. The first-order chi connectivity index (χ1) is 6.16. The standard InChI is InChI=1S/C11H16S2/c1-7(2)4-9-5-10-11(13-9)8(3)6-12-10/h5,7-8H,4,6H2,1-3H3/t8-/m0/s1. The third-order valence-corrected chi connectivity index (χ3v) is 5.16. The Balaban J connectivity index is 2.19. The van der Waals surface area contributed by atoms with Gasteiger partial charge in [-0.3, -0.25) is 0 Å². The molecule has 0 N–H and O–H groups in total. The van der Waals surface area contributed by atoms with Crippen molar-refractivity contribution in [3.05, 3.63) is 15.8 Å². The van der Waals surface area contributed by atoms with Crippen LogP contribution in [0.4, 0.5) is 0 Å². The summed E-state index contributed by atoms with van der Waals surface area (Å²) in [5, 5.41) is 0. The normalized spacial score (nSPS) is 21.1.